The van der Waals surface area contributed by atoms with Gasteiger partial charge in [-0.3, -0.25) is 9.59 Å². The smallest absolute Gasteiger partial charge is 0.255 e. The molecule has 0 fully saturated rings. The lowest BCUT2D eigenvalue weighted by Crippen LogP contribution is -2.13. The van der Waals surface area contributed by atoms with Crippen molar-refractivity contribution in [2.75, 3.05) is 10.6 Å². The Morgan fingerprint density at radius 2 is 1.71 bits per heavy atom. The van der Waals surface area contributed by atoms with Gasteiger partial charge in [0.2, 0.25) is 5.91 Å². The van der Waals surface area contributed by atoms with Crippen LogP contribution in [-0.4, -0.2) is 11.8 Å². The molecule has 0 aliphatic rings. The van der Waals surface area contributed by atoms with E-state index in [1.165, 1.54) is 0 Å². The van der Waals surface area contributed by atoms with Gasteiger partial charge in [0.1, 0.15) is 0 Å². The van der Waals surface area contributed by atoms with Crippen molar-refractivity contribution in [1.29, 1.82) is 0 Å². The van der Waals surface area contributed by atoms with Crippen LogP contribution in [0.25, 0.3) is 0 Å². The summed E-state index contributed by atoms with van der Waals surface area (Å²) in [6, 6.07) is 14.4. The third kappa shape index (κ3) is 3.92. The molecule has 2 rings (SSSR count). The number of nitrogens with one attached hydrogen (secondary N) is 2. The summed E-state index contributed by atoms with van der Waals surface area (Å²) in [5.41, 5.74) is 2.98. The number of anilines is 2. The van der Waals surface area contributed by atoms with E-state index in [0.717, 1.165) is 11.3 Å². The third-order valence-corrected chi connectivity index (χ3v) is 3.12. The van der Waals surface area contributed by atoms with Gasteiger partial charge in [-0.25, -0.2) is 0 Å². The van der Waals surface area contributed by atoms with Crippen LogP contribution in [0.3, 0.4) is 0 Å². The zero-order valence-corrected chi connectivity index (χ0v) is 12.1. The molecule has 0 unspecified atom stereocenters. The second-order valence-electron chi connectivity index (χ2n) is 4.75. The largest absolute Gasteiger partial charge is 0.326 e. The van der Waals surface area contributed by atoms with Gasteiger partial charge in [0.25, 0.3) is 5.91 Å². The quantitative estimate of drug-likeness (QED) is 0.900. The second kappa shape index (κ2) is 6.70. The van der Waals surface area contributed by atoms with Gasteiger partial charge in [-0.15, -0.1) is 0 Å². The Morgan fingerprint density at radius 1 is 1.00 bits per heavy atom. The first kappa shape index (κ1) is 14.8. The van der Waals surface area contributed by atoms with Gasteiger partial charge in [-0.2, -0.15) is 0 Å². The maximum absolute atomic E-state index is 12.1. The highest BCUT2D eigenvalue weighted by molar-refractivity contribution is 6.04. The Kier molecular flexibility index (Phi) is 4.72. The number of aryl methyl sites for hydroxylation is 1. The predicted octanol–water partition coefficient (Wildman–Crippen LogP) is 3.60. The van der Waals surface area contributed by atoms with Crippen molar-refractivity contribution in [2.24, 2.45) is 0 Å². The Morgan fingerprint density at radius 3 is 2.33 bits per heavy atom. The predicted molar refractivity (Wildman–Crippen MR) is 84.5 cm³/mol. The van der Waals surface area contributed by atoms with Crippen LogP contribution in [0, 0.1) is 6.92 Å². The van der Waals surface area contributed by atoms with Gasteiger partial charge in [0.05, 0.1) is 0 Å². The van der Waals surface area contributed by atoms with Crippen LogP contribution in [-0.2, 0) is 4.79 Å². The molecular formula is C17H18N2O2. The van der Waals surface area contributed by atoms with E-state index in [2.05, 4.69) is 10.6 Å². The standard InChI is InChI=1S/C17H18N2O2/c1-3-16(20)19-15-10-9-14(11-12(15)2)18-17(21)13-7-5-4-6-8-13/h4-11H,3H2,1-2H3,(H,18,21)(H,19,20). The van der Waals surface area contributed by atoms with Gasteiger partial charge in [-0.05, 0) is 42.8 Å². The summed E-state index contributed by atoms with van der Waals surface area (Å²) in [7, 11) is 0. The minimum atomic E-state index is -0.152. The monoisotopic (exact) mass is 282 g/mol. The highest BCUT2D eigenvalue weighted by Gasteiger charge is 2.07. The van der Waals surface area contributed by atoms with Crippen LogP contribution >= 0.6 is 0 Å². The normalized spacial score (nSPS) is 10.0. The molecule has 4 nitrogen and oxygen atoms in total. The molecular weight excluding hydrogens is 264 g/mol. The number of amides is 2. The average Bonchev–Trinajstić information content (AvgIpc) is 2.50. The lowest BCUT2D eigenvalue weighted by molar-refractivity contribution is -0.115. The number of hydrogen-bond acceptors (Lipinski definition) is 2. The number of carbonyl (C=O) groups excluding carboxylic acids is 2. The summed E-state index contributed by atoms with van der Waals surface area (Å²) in [5.74, 6) is -0.181. The summed E-state index contributed by atoms with van der Waals surface area (Å²) in [6.07, 6.45) is 0.436. The Bertz CT molecular complexity index is 651. The molecule has 0 heterocycles. The fraction of sp³-hybridized carbons (Fsp3) is 0.176. The van der Waals surface area contributed by atoms with Crippen molar-refractivity contribution in [2.45, 2.75) is 20.3 Å². The van der Waals surface area contributed by atoms with Crippen molar-refractivity contribution in [3.8, 4) is 0 Å². The average molecular weight is 282 g/mol. The zero-order chi connectivity index (χ0) is 15.2. The zero-order valence-electron chi connectivity index (χ0n) is 12.1. The molecule has 2 N–H and O–H groups in total. The van der Waals surface area contributed by atoms with Gasteiger partial charge >= 0.3 is 0 Å². The van der Waals surface area contributed by atoms with Crippen molar-refractivity contribution in [3.63, 3.8) is 0 Å². The Balaban J connectivity index is 2.10. The van der Waals surface area contributed by atoms with Crippen molar-refractivity contribution >= 4 is 23.2 Å². The first-order chi connectivity index (χ1) is 10.1. The SMILES string of the molecule is CCC(=O)Nc1ccc(NC(=O)c2ccccc2)cc1C. The summed E-state index contributed by atoms with van der Waals surface area (Å²) >= 11 is 0. The second-order valence-corrected chi connectivity index (χ2v) is 4.75. The molecule has 0 saturated heterocycles. The van der Waals surface area contributed by atoms with Gasteiger partial charge in [0, 0.05) is 23.4 Å². The summed E-state index contributed by atoms with van der Waals surface area (Å²) < 4.78 is 0. The van der Waals surface area contributed by atoms with Crippen LogP contribution in [0.2, 0.25) is 0 Å². The lowest BCUT2D eigenvalue weighted by atomic mass is 10.1. The van der Waals surface area contributed by atoms with E-state index < -0.39 is 0 Å². The highest BCUT2D eigenvalue weighted by atomic mass is 16.2. The lowest BCUT2D eigenvalue weighted by Gasteiger charge is -2.10. The maximum Gasteiger partial charge on any atom is 0.255 e. The van der Waals surface area contributed by atoms with Crippen LogP contribution in [0.15, 0.2) is 48.5 Å². The molecule has 0 aromatic heterocycles. The number of rotatable bonds is 4. The van der Waals surface area contributed by atoms with E-state index in [4.69, 9.17) is 0 Å². The number of carbonyl (C=O) groups is 2. The number of hydrogen-bond donors (Lipinski definition) is 2. The molecule has 2 aromatic carbocycles. The van der Waals surface area contributed by atoms with Crippen LogP contribution < -0.4 is 10.6 Å². The molecule has 0 atom stereocenters. The van der Waals surface area contributed by atoms with Crippen LogP contribution in [0.4, 0.5) is 11.4 Å². The first-order valence-corrected chi connectivity index (χ1v) is 6.87. The molecule has 4 heteroatoms. The van der Waals surface area contributed by atoms with Crippen LogP contribution in [0.1, 0.15) is 29.3 Å². The summed E-state index contributed by atoms with van der Waals surface area (Å²) in [4.78, 5) is 23.5. The molecule has 0 aliphatic carbocycles. The molecule has 2 aromatic rings. The van der Waals surface area contributed by atoms with Gasteiger partial charge in [-0.1, -0.05) is 25.1 Å². The molecule has 0 bridgehead atoms. The van der Waals surface area contributed by atoms with E-state index in [0.29, 0.717) is 17.7 Å². The van der Waals surface area contributed by atoms with E-state index in [9.17, 15) is 9.59 Å². The van der Waals surface area contributed by atoms with E-state index in [1.807, 2.05) is 31.2 Å². The highest BCUT2D eigenvalue weighted by Crippen LogP contribution is 2.20. The molecule has 0 aliphatic heterocycles. The Labute approximate surface area is 124 Å². The van der Waals surface area contributed by atoms with Crippen LogP contribution in [0.5, 0.6) is 0 Å². The van der Waals surface area contributed by atoms with E-state index in [-0.39, 0.29) is 11.8 Å². The van der Waals surface area contributed by atoms with Gasteiger partial charge in [0.15, 0.2) is 0 Å². The molecule has 0 saturated carbocycles. The number of benzene rings is 2. The summed E-state index contributed by atoms with van der Waals surface area (Å²) in [6.45, 7) is 3.70. The van der Waals surface area contributed by atoms with Crippen molar-refractivity contribution in [3.05, 3.63) is 59.7 Å². The minimum Gasteiger partial charge on any atom is -0.326 e. The fourth-order valence-corrected chi connectivity index (χ4v) is 1.91. The van der Waals surface area contributed by atoms with E-state index in [1.54, 1.807) is 31.2 Å². The molecule has 21 heavy (non-hydrogen) atoms. The summed E-state index contributed by atoms with van der Waals surface area (Å²) in [5, 5.41) is 5.66. The fourth-order valence-electron chi connectivity index (χ4n) is 1.91. The van der Waals surface area contributed by atoms with Gasteiger partial charge < -0.3 is 10.6 Å². The Hall–Kier alpha value is -2.62. The molecule has 0 radical (unpaired) electrons. The first-order valence-electron chi connectivity index (χ1n) is 6.87. The molecule has 0 spiro atoms. The molecule has 108 valence electrons. The topological polar surface area (TPSA) is 58.2 Å². The minimum absolute atomic E-state index is 0.0285. The van der Waals surface area contributed by atoms with Crippen molar-refractivity contribution in [1.82, 2.24) is 0 Å². The van der Waals surface area contributed by atoms with Crippen molar-refractivity contribution < 1.29 is 9.59 Å². The molecule has 2 amide bonds. The third-order valence-electron chi connectivity index (χ3n) is 3.12. The maximum atomic E-state index is 12.1. The van der Waals surface area contributed by atoms with E-state index >= 15 is 0 Å².